The van der Waals surface area contributed by atoms with Crippen LogP contribution in [0.25, 0.3) is 0 Å². The van der Waals surface area contributed by atoms with E-state index in [1.165, 1.54) is 11.3 Å². The highest BCUT2D eigenvalue weighted by molar-refractivity contribution is 8.00. The molecule has 3 rings (SSSR count). The number of benzene rings is 1. The highest BCUT2D eigenvalue weighted by atomic mass is 32.2. The Bertz CT molecular complexity index is 739. The minimum absolute atomic E-state index is 0.692. The first-order chi connectivity index (χ1) is 10.7. The van der Waals surface area contributed by atoms with E-state index in [-0.39, 0.29) is 0 Å². The van der Waals surface area contributed by atoms with E-state index in [0.717, 1.165) is 32.4 Å². The van der Waals surface area contributed by atoms with Gasteiger partial charge in [-0.05, 0) is 31.2 Å². The molecule has 0 spiro atoms. The third-order valence-electron chi connectivity index (χ3n) is 2.76. The summed E-state index contributed by atoms with van der Waals surface area (Å²) in [5.41, 5.74) is 1.83. The van der Waals surface area contributed by atoms with Crippen molar-refractivity contribution in [1.82, 2.24) is 15.4 Å². The van der Waals surface area contributed by atoms with Gasteiger partial charge in [0.05, 0.1) is 18.6 Å². The number of aryl methyl sites for hydroxylation is 1. The van der Waals surface area contributed by atoms with Crippen molar-refractivity contribution in [3.63, 3.8) is 0 Å². The molecule has 114 valence electrons. The highest BCUT2D eigenvalue weighted by Gasteiger charge is 2.08. The predicted molar refractivity (Wildman–Crippen MR) is 87.0 cm³/mol. The maximum Gasteiger partial charge on any atom is 0.210 e. The third kappa shape index (κ3) is 3.77. The lowest BCUT2D eigenvalue weighted by Crippen LogP contribution is -1.89. The number of rotatable bonds is 6. The number of ether oxygens (including phenoxy) is 1. The molecule has 0 amide bonds. The highest BCUT2D eigenvalue weighted by Crippen LogP contribution is 2.30. The van der Waals surface area contributed by atoms with Crippen molar-refractivity contribution in [2.24, 2.45) is 0 Å². The first-order valence-electron chi connectivity index (χ1n) is 6.52. The topological polar surface area (TPSA) is 73.1 Å². The Hall–Kier alpha value is -2.06. The molecule has 0 aliphatic carbocycles. The van der Waals surface area contributed by atoms with E-state index in [0.29, 0.717) is 5.75 Å². The minimum Gasteiger partial charge on any atom is -0.497 e. The van der Waals surface area contributed by atoms with Gasteiger partial charge in [0, 0.05) is 11.8 Å². The number of methoxy groups -OCH3 is 1. The number of nitrogens with zero attached hydrogens (tertiary/aromatic N) is 3. The van der Waals surface area contributed by atoms with Crippen molar-refractivity contribution in [3.8, 4) is 5.75 Å². The van der Waals surface area contributed by atoms with Gasteiger partial charge >= 0.3 is 0 Å². The Morgan fingerprint density at radius 2 is 2.09 bits per heavy atom. The van der Waals surface area contributed by atoms with Gasteiger partial charge in [0.2, 0.25) is 5.13 Å². The lowest BCUT2D eigenvalue weighted by atomic mass is 10.3. The molecule has 3 aromatic rings. The van der Waals surface area contributed by atoms with Gasteiger partial charge in [-0.15, -0.1) is 10.2 Å². The number of hydrogen-bond acceptors (Lipinski definition) is 8. The Labute approximate surface area is 135 Å². The van der Waals surface area contributed by atoms with Gasteiger partial charge in [-0.1, -0.05) is 28.3 Å². The van der Waals surface area contributed by atoms with Crippen LogP contribution in [0.15, 0.2) is 39.2 Å². The average molecular weight is 334 g/mol. The average Bonchev–Trinajstić information content (AvgIpc) is 3.15. The van der Waals surface area contributed by atoms with Gasteiger partial charge in [-0.3, -0.25) is 0 Å². The molecule has 2 aromatic heterocycles. The standard InChI is InChI=1S/C14H14N4O2S2/c1-9-7-12(20-18-9)8-21-14-17-16-13(22-14)15-10-3-5-11(19-2)6-4-10/h3-7H,8H2,1-2H3,(H,15,16). The summed E-state index contributed by atoms with van der Waals surface area (Å²) < 4.78 is 11.2. The fraction of sp³-hybridized carbons (Fsp3) is 0.214. The molecule has 0 radical (unpaired) electrons. The minimum atomic E-state index is 0.692. The lowest BCUT2D eigenvalue weighted by Gasteiger charge is -2.03. The van der Waals surface area contributed by atoms with E-state index in [2.05, 4.69) is 20.7 Å². The molecule has 0 bridgehead atoms. The maximum atomic E-state index is 5.17. The fourth-order valence-corrected chi connectivity index (χ4v) is 3.38. The second kappa shape index (κ2) is 6.80. The summed E-state index contributed by atoms with van der Waals surface area (Å²) in [6, 6.07) is 9.58. The van der Waals surface area contributed by atoms with Crippen LogP contribution in [-0.2, 0) is 5.75 Å². The number of aromatic nitrogens is 3. The van der Waals surface area contributed by atoms with E-state index in [1.54, 1.807) is 18.9 Å². The SMILES string of the molecule is COc1ccc(Nc2nnc(SCc3cc(C)no3)s2)cc1. The van der Waals surface area contributed by atoms with E-state index < -0.39 is 0 Å². The Morgan fingerprint density at radius 1 is 1.27 bits per heavy atom. The molecule has 8 heteroatoms. The molecule has 0 unspecified atom stereocenters. The first kappa shape index (κ1) is 14.9. The van der Waals surface area contributed by atoms with Gasteiger partial charge in [-0.2, -0.15) is 0 Å². The molecule has 0 saturated carbocycles. The molecule has 6 nitrogen and oxygen atoms in total. The van der Waals surface area contributed by atoms with Crippen molar-refractivity contribution in [3.05, 3.63) is 41.8 Å². The summed E-state index contributed by atoms with van der Waals surface area (Å²) >= 11 is 3.08. The molecule has 1 aromatic carbocycles. The Morgan fingerprint density at radius 3 is 2.77 bits per heavy atom. The van der Waals surface area contributed by atoms with Crippen molar-refractivity contribution in [2.45, 2.75) is 17.0 Å². The zero-order valence-corrected chi connectivity index (χ0v) is 13.7. The monoisotopic (exact) mass is 334 g/mol. The van der Waals surface area contributed by atoms with Crippen molar-refractivity contribution in [2.75, 3.05) is 12.4 Å². The number of anilines is 2. The summed E-state index contributed by atoms with van der Waals surface area (Å²) in [4.78, 5) is 0. The van der Waals surface area contributed by atoms with Crippen LogP contribution in [0.5, 0.6) is 5.75 Å². The molecular formula is C14H14N4O2S2. The normalized spacial score (nSPS) is 10.6. The summed E-state index contributed by atoms with van der Waals surface area (Å²) in [5.74, 6) is 2.35. The molecule has 1 N–H and O–H groups in total. The largest absolute Gasteiger partial charge is 0.497 e. The van der Waals surface area contributed by atoms with Gasteiger partial charge in [0.15, 0.2) is 4.34 Å². The summed E-state index contributed by atoms with van der Waals surface area (Å²) in [6.45, 7) is 1.90. The number of hydrogen-bond donors (Lipinski definition) is 1. The van der Waals surface area contributed by atoms with Gasteiger partial charge in [0.25, 0.3) is 0 Å². The predicted octanol–water partition coefficient (Wildman–Crippen LogP) is 3.88. The van der Waals surface area contributed by atoms with Gasteiger partial charge in [0.1, 0.15) is 11.5 Å². The summed E-state index contributed by atoms with van der Waals surface area (Å²) in [7, 11) is 1.65. The van der Waals surface area contributed by atoms with Gasteiger partial charge < -0.3 is 14.6 Å². The van der Waals surface area contributed by atoms with Crippen molar-refractivity contribution >= 4 is 33.9 Å². The van der Waals surface area contributed by atoms with E-state index in [4.69, 9.17) is 9.26 Å². The van der Waals surface area contributed by atoms with Crippen LogP contribution in [-0.4, -0.2) is 22.5 Å². The first-order valence-corrected chi connectivity index (χ1v) is 8.33. The second-order valence-electron chi connectivity index (χ2n) is 4.45. The Balaban J connectivity index is 1.58. The van der Waals surface area contributed by atoms with Crippen LogP contribution in [0, 0.1) is 6.92 Å². The smallest absolute Gasteiger partial charge is 0.210 e. The van der Waals surface area contributed by atoms with Crippen LogP contribution in [0.4, 0.5) is 10.8 Å². The van der Waals surface area contributed by atoms with Gasteiger partial charge in [-0.25, -0.2) is 0 Å². The third-order valence-corrected chi connectivity index (χ3v) is 4.76. The fourth-order valence-electron chi connectivity index (χ4n) is 1.73. The molecule has 0 fully saturated rings. The quantitative estimate of drug-likeness (QED) is 0.686. The van der Waals surface area contributed by atoms with Crippen LogP contribution in [0.2, 0.25) is 0 Å². The number of thioether (sulfide) groups is 1. The molecule has 0 saturated heterocycles. The Kier molecular flexibility index (Phi) is 4.59. The van der Waals surface area contributed by atoms with Crippen LogP contribution in [0.3, 0.4) is 0 Å². The van der Waals surface area contributed by atoms with Crippen molar-refractivity contribution in [1.29, 1.82) is 0 Å². The van der Waals surface area contributed by atoms with E-state index >= 15 is 0 Å². The molecule has 0 aliphatic heterocycles. The summed E-state index contributed by atoms with van der Waals surface area (Å²) in [6.07, 6.45) is 0. The maximum absolute atomic E-state index is 5.17. The molecule has 0 atom stereocenters. The molecule has 22 heavy (non-hydrogen) atoms. The van der Waals surface area contributed by atoms with E-state index in [9.17, 15) is 0 Å². The lowest BCUT2D eigenvalue weighted by molar-refractivity contribution is 0.391. The zero-order valence-electron chi connectivity index (χ0n) is 12.1. The molecule has 0 aliphatic rings. The van der Waals surface area contributed by atoms with Crippen molar-refractivity contribution < 1.29 is 9.26 Å². The van der Waals surface area contributed by atoms with E-state index in [1.807, 2.05) is 37.3 Å². The van der Waals surface area contributed by atoms with Crippen LogP contribution < -0.4 is 10.1 Å². The van der Waals surface area contributed by atoms with Crippen LogP contribution >= 0.6 is 23.1 Å². The summed E-state index contributed by atoms with van der Waals surface area (Å²) in [5, 5.41) is 16.1. The second-order valence-corrected chi connectivity index (χ2v) is 6.65. The zero-order chi connectivity index (χ0) is 15.4. The molecule has 2 heterocycles. The molecular weight excluding hydrogens is 320 g/mol. The van der Waals surface area contributed by atoms with Crippen LogP contribution in [0.1, 0.15) is 11.5 Å². The number of nitrogens with one attached hydrogen (secondary N) is 1.